The van der Waals surface area contributed by atoms with Crippen molar-refractivity contribution in [2.75, 3.05) is 0 Å². The monoisotopic (exact) mass is 336 g/mol. The molecule has 0 bridgehead atoms. The van der Waals surface area contributed by atoms with Crippen LogP contribution >= 0.6 is 23.6 Å². The third-order valence-electron chi connectivity index (χ3n) is 3.67. The number of hydrogen-bond donors (Lipinski definition) is 1. The molecular weight excluding hydrogens is 324 g/mol. The van der Waals surface area contributed by atoms with E-state index in [-0.39, 0.29) is 5.88 Å². The van der Waals surface area contributed by atoms with Gasteiger partial charge in [0.1, 0.15) is 0 Å². The van der Waals surface area contributed by atoms with Gasteiger partial charge < -0.3 is 5.11 Å². The Morgan fingerprint density at radius 1 is 1.04 bits per heavy atom. The molecule has 0 fully saturated rings. The molecule has 1 N–H and O–H groups in total. The topological polar surface area (TPSA) is 37.5 Å². The first-order chi connectivity index (χ1) is 11.2. The van der Waals surface area contributed by atoms with Crippen LogP contribution in [0.2, 0.25) is 0 Å². The van der Waals surface area contributed by atoms with E-state index >= 15 is 0 Å². The normalized spacial score (nSPS) is 14.3. The van der Waals surface area contributed by atoms with Gasteiger partial charge in [0, 0.05) is 17.4 Å². The second kappa shape index (κ2) is 5.61. The summed E-state index contributed by atoms with van der Waals surface area (Å²) in [4.78, 5) is 5.12. The van der Waals surface area contributed by atoms with E-state index in [1.54, 1.807) is 4.57 Å². The van der Waals surface area contributed by atoms with Gasteiger partial charge in [-0.25, -0.2) is 0 Å². The lowest BCUT2D eigenvalue weighted by Crippen LogP contribution is -1.92. The fourth-order valence-corrected chi connectivity index (χ4v) is 3.88. The number of aliphatic imine (C=N–C) groups is 1. The summed E-state index contributed by atoms with van der Waals surface area (Å²) in [5.74, 6) is 0.163. The number of benzene rings is 2. The molecule has 5 heteroatoms. The van der Waals surface area contributed by atoms with Crippen molar-refractivity contribution in [3.05, 3.63) is 69.0 Å². The minimum Gasteiger partial charge on any atom is -0.493 e. The van der Waals surface area contributed by atoms with Crippen LogP contribution in [0.4, 0.5) is 5.69 Å². The number of thiazole rings is 1. The molecule has 0 amide bonds. The fraction of sp³-hybridized carbons (Fsp3) is 0. The van der Waals surface area contributed by atoms with Gasteiger partial charge in [-0.1, -0.05) is 36.4 Å². The average molecular weight is 336 g/mol. The van der Waals surface area contributed by atoms with Gasteiger partial charge in [-0.05, 0) is 36.5 Å². The second-order valence-electron chi connectivity index (χ2n) is 5.10. The lowest BCUT2D eigenvalue weighted by atomic mass is 10.1. The summed E-state index contributed by atoms with van der Waals surface area (Å²) < 4.78 is 2.30. The average Bonchev–Trinajstić information content (AvgIpc) is 3.10. The summed E-state index contributed by atoms with van der Waals surface area (Å²) in [6, 6.07) is 17.6. The Kier molecular flexibility index (Phi) is 3.44. The van der Waals surface area contributed by atoms with Crippen molar-refractivity contribution < 1.29 is 5.11 Å². The van der Waals surface area contributed by atoms with Gasteiger partial charge in [-0.2, -0.15) is 0 Å². The number of nitrogens with zero attached hydrogens (tertiary/aromatic N) is 2. The molecule has 3 nitrogen and oxygen atoms in total. The molecule has 0 saturated heterocycles. The molecule has 0 aliphatic carbocycles. The molecule has 0 saturated carbocycles. The predicted octanol–water partition coefficient (Wildman–Crippen LogP) is 5.23. The number of aromatic hydroxyl groups is 1. The van der Waals surface area contributed by atoms with Crippen molar-refractivity contribution in [1.82, 2.24) is 4.57 Å². The highest BCUT2D eigenvalue weighted by Crippen LogP contribution is 2.36. The van der Waals surface area contributed by atoms with Gasteiger partial charge in [0.15, 0.2) is 3.95 Å². The maximum absolute atomic E-state index is 10.6. The number of fused-ring (bicyclic) bond motifs is 1. The predicted molar refractivity (Wildman–Crippen MR) is 98.6 cm³/mol. The molecule has 0 spiro atoms. The van der Waals surface area contributed by atoms with Gasteiger partial charge >= 0.3 is 0 Å². The van der Waals surface area contributed by atoms with E-state index in [1.165, 1.54) is 11.3 Å². The molecule has 0 radical (unpaired) electrons. The van der Waals surface area contributed by atoms with Crippen LogP contribution in [-0.2, 0) is 0 Å². The molecule has 3 aromatic rings. The summed E-state index contributed by atoms with van der Waals surface area (Å²) >= 11 is 6.81. The summed E-state index contributed by atoms with van der Waals surface area (Å²) in [7, 11) is 0. The maximum atomic E-state index is 10.6. The zero-order valence-electron chi connectivity index (χ0n) is 12.0. The zero-order valence-corrected chi connectivity index (χ0v) is 13.6. The maximum Gasteiger partial charge on any atom is 0.215 e. The highest BCUT2D eigenvalue weighted by atomic mass is 32.1. The van der Waals surface area contributed by atoms with Gasteiger partial charge in [-0.15, -0.1) is 11.3 Å². The Morgan fingerprint density at radius 2 is 1.78 bits per heavy atom. The minimum absolute atomic E-state index is 0.163. The van der Waals surface area contributed by atoms with E-state index in [4.69, 9.17) is 12.2 Å². The van der Waals surface area contributed by atoms with Gasteiger partial charge in [0.25, 0.3) is 0 Å². The molecule has 0 unspecified atom stereocenters. The van der Waals surface area contributed by atoms with Gasteiger partial charge in [0.05, 0.1) is 16.3 Å². The van der Waals surface area contributed by atoms with Crippen LogP contribution in [0.3, 0.4) is 0 Å². The van der Waals surface area contributed by atoms with E-state index in [0.29, 0.717) is 3.95 Å². The van der Waals surface area contributed by atoms with Crippen molar-refractivity contribution in [1.29, 1.82) is 0 Å². The van der Waals surface area contributed by atoms with Gasteiger partial charge in [0.2, 0.25) is 5.88 Å². The largest absolute Gasteiger partial charge is 0.493 e. The number of para-hydroxylation sites is 2. The molecule has 2 heterocycles. The summed E-state index contributed by atoms with van der Waals surface area (Å²) in [6.07, 6.45) is 3.75. The van der Waals surface area contributed by atoms with E-state index in [1.807, 2.05) is 66.9 Å². The van der Waals surface area contributed by atoms with Crippen LogP contribution in [0, 0.1) is 3.95 Å². The van der Waals surface area contributed by atoms with Crippen molar-refractivity contribution in [3.8, 4) is 11.6 Å². The highest BCUT2D eigenvalue weighted by Gasteiger charge is 2.15. The van der Waals surface area contributed by atoms with Gasteiger partial charge in [-0.3, -0.25) is 9.56 Å². The van der Waals surface area contributed by atoms with E-state index in [2.05, 4.69) is 4.99 Å². The first-order valence-corrected chi connectivity index (χ1v) is 8.32. The summed E-state index contributed by atoms with van der Waals surface area (Å²) in [5, 5.41) is 10.6. The summed E-state index contributed by atoms with van der Waals surface area (Å²) in [6.45, 7) is 0. The lowest BCUT2D eigenvalue weighted by molar-refractivity contribution is 0.441. The molecular formula is C18H12N2OS2. The first kappa shape index (κ1) is 14.1. The fourth-order valence-electron chi connectivity index (χ4n) is 2.58. The van der Waals surface area contributed by atoms with Crippen LogP contribution in [-0.4, -0.2) is 15.9 Å². The van der Waals surface area contributed by atoms with Crippen molar-refractivity contribution in [3.63, 3.8) is 0 Å². The Hall–Kier alpha value is -2.50. The van der Waals surface area contributed by atoms with Crippen LogP contribution < -0.4 is 0 Å². The lowest BCUT2D eigenvalue weighted by Gasteiger charge is -2.04. The molecule has 23 heavy (non-hydrogen) atoms. The standard InChI is InChI=1S/C18H12N2OS2/c21-17-16(10-12-11-19-15-9-5-4-8-14(12)15)23-18(22)20(17)13-6-2-1-3-7-13/h1-11,21H/b12-10+. The molecule has 1 aliphatic heterocycles. The number of aromatic nitrogens is 1. The Bertz CT molecular complexity index is 997. The summed E-state index contributed by atoms with van der Waals surface area (Å²) in [5.41, 5.74) is 3.85. The first-order valence-electron chi connectivity index (χ1n) is 7.09. The van der Waals surface area contributed by atoms with Crippen molar-refractivity contribution >= 4 is 47.1 Å². The Morgan fingerprint density at radius 3 is 2.61 bits per heavy atom. The van der Waals surface area contributed by atoms with Crippen molar-refractivity contribution in [2.24, 2.45) is 4.99 Å². The van der Waals surface area contributed by atoms with Crippen LogP contribution in [0.1, 0.15) is 10.4 Å². The smallest absolute Gasteiger partial charge is 0.215 e. The van der Waals surface area contributed by atoms with Crippen LogP contribution in [0.5, 0.6) is 5.88 Å². The Balaban J connectivity index is 1.83. The zero-order chi connectivity index (χ0) is 15.8. The molecule has 1 aromatic heterocycles. The third-order valence-corrected chi connectivity index (χ3v) is 4.98. The van der Waals surface area contributed by atoms with E-state index < -0.39 is 0 Å². The van der Waals surface area contributed by atoms with Crippen LogP contribution in [0.25, 0.3) is 17.3 Å². The van der Waals surface area contributed by atoms with E-state index in [0.717, 1.165) is 27.4 Å². The quantitative estimate of drug-likeness (QED) is 0.651. The van der Waals surface area contributed by atoms with E-state index in [9.17, 15) is 5.11 Å². The Labute approximate surface area is 142 Å². The SMILES string of the molecule is Oc1c(/C=C2\C=Nc3ccccc32)sc(=S)n1-c1ccccc1. The second-order valence-corrected chi connectivity index (χ2v) is 6.78. The van der Waals surface area contributed by atoms with Crippen molar-refractivity contribution in [2.45, 2.75) is 0 Å². The number of hydrogen-bond acceptors (Lipinski definition) is 4. The molecule has 0 atom stereocenters. The molecule has 112 valence electrons. The number of allylic oxidation sites excluding steroid dienone is 1. The van der Waals surface area contributed by atoms with Crippen LogP contribution in [0.15, 0.2) is 59.6 Å². The molecule has 1 aliphatic rings. The third kappa shape index (κ3) is 2.44. The molecule has 2 aromatic carbocycles. The highest BCUT2D eigenvalue weighted by molar-refractivity contribution is 7.73. The molecule has 4 rings (SSSR count). The number of rotatable bonds is 2. The minimum atomic E-state index is 0.163.